The number of hydrogen-bond acceptors (Lipinski definition) is 4. The molecule has 2 aromatic carbocycles. The molecule has 0 unspecified atom stereocenters. The number of carbonyl (C=O) groups is 2. The Morgan fingerprint density at radius 1 is 0.875 bits per heavy atom. The van der Waals surface area contributed by atoms with E-state index in [-0.39, 0.29) is 11.5 Å². The molecule has 5 heteroatoms. The third kappa shape index (κ3) is 3.25. The number of rotatable bonds is 3. The van der Waals surface area contributed by atoms with Gasteiger partial charge in [0.1, 0.15) is 0 Å². The number of carboxylic acid groups (broad SMARTS) is 1. The summed E-state index contributed by atoms with van der Waals surface area (Å²) in [6, 6.07) is 14.1. The van der Waals surface area contributed by atoms with Crippen LogP contribution in [-0.2, 0) is 0 Å². The van der Waals surface area contributed by atoms with Crippen LogP contribution in [-0.4, -0.2) is 43.0 Å². The molecule has 0 spiro atoms. The van der Waals surface area contributed by atoms with Gasteiger partial charge >= 0.3 is 0 Å². The number of anilines is 1. The summed E-state index contributed by atoms with van der Waals surface area (Å²) < 4.78 is 0. The van der Waals surface area contributed by atoms with Gasteiger partial charge < -0.3 is 19.7 Å². The molecule has 0 radical (unpaired) electrons. The lowest BCUT2D eigenvalue weighted by atomic mass is 10.1. The first-order chi connectivity index (χ1) is 11.6. The zero-order valence-electron chi connectivity index (χ0n) is 13.6. The summed E-state index contributed by atoms with van der Waals surface area (Å²) in [6.07, 6.45) is 0. The second-order valence-corrected chi connectivity index (χ2v) is 5.93. The van der Waals surface area contributed by atoms with Crippen LogP contribution in [0.25, 0.3) is 0 Å². The number of nitrogens with zero attached hydrogens (tertiary/aromatic N) is 2. The molecule has 0 aromatic heterocycles. The van der Waals surface area contributed by atoms with Crippen LogP contribution in [0.3, 0.4) is 0 Å². The number of hydrogen-bond donors (Lipinski definition) is 0. The predicted molar refractivity (Wildman–Crippen MR) is 90.1 cm³/mol. The molecule has 1 fully saturated rings. The average Bonchev–Trinajstić information content (AvgIpc) is 2.62. The van der Waals surface area contributed by atoms with Gasteiger partial charge in [0.25, 0.3) is 5.91 Å². The first-order valence-electron chi connectivity index (χ1n) is 7.97. The summed E-state index contributed by atoms with van der Waals surface area (Å²) in [5, 5.41) is 10.8. The summed E-state index contributed by atoms with van der Waals surface area (Å²) in [5.74, 6) is -1.30. The summed E-state index contributed by atoms with van der Waals surface area (Å²) in [7, 11) is 0. The average molecular weight is 323 g/mol. The Morgan fingerprint density at radius 2 is 1.46 bits per heavy atom. The lowest BCUT2D eigenvalue weighted by Gasteiger charge is -2.36. The van der Waals surface area contributed by atoms with E-state index < -0.39 is 5.97 Å². The van der Waals surface area contributed by atoms with E-state index in [1.54, 1.807) is 12.1 Å². The van der Waals surface area contributed by atoms with E-state index in [4.69, 9.17) is 0 Å². The molecule has 3 rings (SSSR count). The maximum Gasteiger partial charge on any atom is 0.253 e. The highest BCUT2D eigenvalue weighted by atomic mass is 16.4. The molecule has 1 saturated heterocycles. The lowest BCUT2D eigenvalue weighted by molar-refractivity contribution is -0.255. The van der Waals surface area contributed by atoms with Crippen LogP contribution in [0.4, 0.5) is 5.69 Å². The minimum absolute atomic E-state index is 0.0654. The van der Waals surface area contributed by atoms with Crippen molar-refractivity contribution in [1.29, 1.82) is 0 Å². The van der Waals surface area contributed by atoms with Crippen molar-refractivity contribution in [2.45, 2.75) is 6.92 Å². The number of carbonyl (C=O) groups excluding carboxylic acids is 2. The van der Waals surface area contributed by atoms with Gasteiger partial charge in [-0.3, -0.25) is 4.79 Å². The monoisotopic (exact) mass is 323 g/mol. The number of aryl methyl sites for hydroxylation is 1. The second kappa shape index (κ2) is 6.74. The van der Waals surface area contributed by atoms with Crippen molar-refractivity contribution in [3.8, 4) is 0 Å². The van der Waals surface area contributed by atoms with Gasteiger partial charge in [0.05, 0.1) is 5.97 Å². The topological polar surface area (TPSA) is 63.7 Å². The number of aromatic carboxylic acids is 1. The molecule has 0 saturated carbocycles. The third-order valence-corrected chi connectivity index (χ3v) is 4.39. The minimum Gasteiger partial charge on any atom is -0.545 e. The second-order valence-electron chi connectivity index (χ2n) is 5.93. The SMILES string of the molecule is Cc1ccccc1N1CCN(C(=O)c2ccc(C(=O)[O-])cc2)CC1. The highest BCUT2D eigenvalue weighted by molar-refractivity contribution is 5.95. The summed E-state index contributed by atoms with van der Waals surface area (Å²) >= 11 is 0. The Bertz CT molecular complexity index is 747. The standard InChI is InChI=1S/C19H20N2O3/c1-14-4-2-3-5-17(14)20-10-12-21(13-11-20)18(22)15-6-8-16(9-7-15)19(23)24/h2-9H,10-13H2,1H3,(H,23,24)/p-1. The minimum atomic E-state index is -1.24. The van der Waals surface area contributed by atoms with Crippen molar-refractivity contribution in [3.63, 3.8) is 0 Å². The van der Waals surface area contributed by atoms with Gasteiger partial charge in [0.2, 0.25) is 0 Å². The molecule has 124 valence electrons. The van der Waals surface area contributed by atoms with Gasteiger partial charge in [-0.15, -0.1) is 0 Å². The van der Waals surface area contributed by atoms with Gasteiger partial charge in [-0.2, -0.15) is 0 Å². The van der Waals surface area contributed by atoms with Crippen LogP contribution >= 0.6 is 0 Å². The number of para-hydroxylation sites is 1. The smallest absolute Gasteiger partial charge is 0.253 e. The fourth-order valence-electron chi connectivity index (χ4n) is 3.00. The summed E-state index contributed by atoms with van der Waals surface area (Å²) in [6.45, 7) is 4.96. The van der Waals surface area contributed by atoms with E-state index in [2.05, 4.69) is 24.0 Å². The molecular weight excluding hydrogens is 304 g/mol. The quantitative estimate of drug-likeness (QED) is 0.855. The third-order valence-electron chi connectivity index (χ3n) is 4.39. The van der Waals surface area contributed by atoms with E-state index >= 15 is 0 Å². The van der Waals surface area contributed by atoms with Gasteiger partial charge in [-0.1, -0.05) is 30.3 Å². The van der Waals surface area contributed by atoms with Gasteiger partial charge in [-0.05, 0) is 36.2 Å². The molecule has 1 aliphatic rings. The molecule has 0 N–H and O–H groups in total. The molecule has 1 aliphatic heterocycles. The van der Waals surface area contributed by atoms with E-state index in [0.717, 1.165) is 13.1 Å². The molecule has 2 aromatic rings. The highest BCUT2D eigenvalue weighted by Gasteiger charge is 2.22. The number of piperazine rings is 1. The van der Waals surface area contributed by atoms with Crippen molar-refractivity contribution in [2.75, 3.05) is 31.1 Å². The maximum absolute atomic E-state index is 12.5. The Kier molecular flexibility index (Phi) is 4.51. The van der Waals surface area contributed by atoms with Crippen LogP contribution in [0.5, 0.6) is 0 Å². The Labute approximate surface area is 141 Å². The van der Waals surface area contributed by atoms with Crippen LogP contribution in [0.1, 0.15) is 26.3 Å². The zero-order valence-corrected chi connectivity index (χ0v) is 13.6. The Morgan fingerprint density at radius 3 is 2.04 bits per heavy atom. The van der Waals surface area contributed by atoms with Crippen molar-refractivity contribution in [1.82, 2.24) is 4.90 Å². The van der Waals surface area contributed by atoms with Crippen molar-refractivity contribution in [3.05, 3.63) is 65.2 Å². The Hall–Kier alpha value is -2.82. The maximum atomic E-state index is 12.5. The van der Waals surface area contributed by atoms with E-state index in [9.17, 15) is 14.7 Å². The molecule has 1 amide bonds. The molecule has 0 bridgehead atoms. The zero-order chi connectivity index (χ0) is 17.1. The predicted octanol–water partition coefficient (Wildman–Crippen LogP) is 1.32. The first-order valence-corrected chi connectivity index (χ1v) is 7.97. The molecule has 1 heterocycles. The van der Waals surface area contributed by atoms with Crippen LogP contribution in [0.2, 0.25) is 0 Å². The number of amides is 1. The highest BCUT2D eigenvalue weighted by Crippen LogP contribution is 2.21. The normalized spacial score (nSPS) is 14.5. The van der Waals surface area contributed by atoms with Gasteiger partial charge in [0.15, 0.2) is 0 Å². The van der Waals surface area contributed by atoms with E-state index in [1.807, 2.05) is 17.0 Å². The van der Waals surface area contributed by atoms with Gasteiger partial charge in [-0.25, -0.2) is 0 Å². The number of carboxylic acids is 1. The Balaban J connectivity index is 1.65. The van der Waals surface area contributed by atoms with Crippen molar-refractivity contribution in [2.24, 2.45) is 0 Å². The summed E-state index contributed by atoms with van der Waals surface area (Å²) in [5.41, 5.74) is 3.03. The van der Waals surface area contributed by atoms with E-state index in [1.165, 1.54) is 23.4 Å². The van der Waals surface area contributed by atoms with E-state index in [0.29, 0.717) is 18.7 Å². The van der Waals surface area contributed by atoms with Crippen LogP contribution in [0, 0.1) is 6.92 Å². The molecule has 0 atom stereocenters. The first kappa shape index (κ1) is 16.1. The largest absolute Gasteiger partial charge is 0.545 e. The van der Waals surface area contributed by atoms with Crippen molar-refractivity contribution < 1.29 is 14.7 Å². The fraction of sp³-hybridized carbons (Fsp3) is 0.263. The molecule has 0 aliphatic carbocycles. The van der Waals surface area contributed by atoms with Crippen LogP contribution in [0.15, 0.2) is 48.5 Å². The van der Waals surface area contributed by atoms with Crippen molar-refractivity contribution >= 4 is 17.6 Å². The van der Waals surface area contributed by atoms with Gasteiger partial charge in [0, 0.05) is 37.4 Å². The van der Waals surface area contributed by atoms with Crippen LogP contribution < -0.4 is 10.0 Å². The molecule has 5 nitrogen and oxygen atoms in total. The fourth-order valence-corrected chi connectivity index (χ4v) is 3.00. The number of benzene rings is 2. The molecule has 24 heavy (non-hydrogen) atoms. The molecular formula is C19H19N2O3-. The lowest BCUT2D eigenvalue weighted by Crippen LogP contribution is -2.49. The summed E-state index contributed by atoms with van der Waals surface area (Å²) in [4.78, 5) is 27.4.